The molecule has 3 aromatic heterocycles. The zero-order chi connectivity index (χ0) is 29.5. The summed E-state index contributed by atoms with van der Waals surface area (Å²) in [7, 11) is 0. The predicted molar refractivity (Wildman–Crippen MR) is 185 cm³/mol. The maximum atomic E-state index is 5.04. The van der Waals surface area contributed by atoms with Crippen LogP contribution in [0, 0.1) is 0 Å². The molecule has 0 bridgehead atoms. The van der Waals surface area contributed by atoms with Crippen LogP contribution < -0.4 is 0 Å². The summed E-state index contributed by atoms with van der Waals surface area (Å²) in [6, 6.07) is 53.6. The first-order chi connectivity index (χ1) is 22.3. The monoisotopic (exact) mass is 575 g/mol. The van der Waals surface area contributed by atoms with Crippen molar-refractivity contribution < 1.29 is 0 Å². The van der Waals surface area contributed by atoms with Crippen molar-refractivity contribution in [1.29, 1.82) is 0 Å². The van der Waals surface area contributed by atoms with Gasteiger partial charge in [0.1, 0.15) is 11.0 Å². The van der Waals surface area contributed by atoms with Gasteiger partial charge in [-0.05, 0) is 54.6 Å². The Labute approximate surface area is 257 Å². The molecule has 210 valence electrons. The molecule has 0 N–H and O–H groups in total. The number of hydrogen-bond donors (Lipinski definition) is 0. The maximum absolute atomic E-state index is 5.04. The van der Waals surface area contributed by atoms with E-state index in [9.17, 15) is 0 Å². The molecule has 7 aromatic carbocycles. The van der Waals surface area contributed by atoms with Crippen LogP contribution in [0.1, 0.15) is 0 Å². The van der Waals surface area contributed by atoms with Gasteiger partial charge >= 0.3 is 0 Å². The minimum Gasteiger partial charge on any atom is -0.309 e. The number of rotatable bonds is 3. The molecule has 0 fully saturated rings. The maximum Gasteiger partial charge on any atom is 0.121 e. The van der Waals surface area contributed by atoms with Gasteiger partial charge in [0.2, 0.25) is 0 Å². The Morgan fingerprint density at radius 2 is 0.778 bits per heavy atom. The first kappa shape index (κ1) is 24.3. The summed E-state index contributed by atoms with van der Waals surface area (Å²) in [4.78, 5) is 1.77. The average Bonchev–Trinajstić information content (AvgIpc) is 3.79. The van der Waals surface area contributed by atoms with Gasteiger partial charge in [-0.1, -0.05) is 97.1 Å². The lowest BCUT2D eigenvalue weighted by atomic mass is 10.1. The van der Waals surface area contributed by atoms with Crippen LogP contribution in [0.25, 0.3) is 82.5 Å². The molecule has 5 nitrogen and oxygen atoms in total. The third-order valence-corrected chi connectivity index (χ3v) is 9.11. The molecule has 0 aliphatic heterocycles. The standard InChI is InChI=1S/C40H25N5/c1-2-16-33-32(15-1)39(44-37-19-9-5-13-30(37)31-14-6-10-20-38(31)44)25-34-40(33)42-45(41-34)27-23-21-26(22-24-27)43-35-17-7-3-11-28(35)29-12-4-8-18-36(29)43/h1-25H. The van der Waals surface area contributed by atoms with Gasteiger partial charge in [0.15, 0.2) is 0 Å². The number of aromatic nitrogens is 5. The second kappa shape index (κ2) is 9.15. The van der Waals surface area contributed by atoms with Gasteiger partial charge in [-0.15, -0.1) is 10.2 Å². The molecular formula is C40H25N5. The Hall–Kier alpha value is -6.20. The van der Waals surface area contributed by atoms with E-state index in [4.69, 9.17) is 10.2 Å². The van der Waals surface area contributed by atoms with E-state index in [2.05, 4.69) is 161 Å². The summed E-state index contributed by atoms with van der Waals surface area (Å²) < 4.78 is 4.69. The van der Waals surface area contributed by atoms with Crippen LogP contribution in [-0.4, -0.2) is 24.1 Å². The first-order valence-electron chi connectivity index (χ1n) is 15.2. The molecule has 0 spiro atoms. The molecule has 0 aliphatic rings. The molecule has 0 saturated carbocycles. The normalized spacial score (nSPS) is 12.0. The third-order valence-electron chi connectivity index (χ3n) is 9.11. The fraction of sp³-hybridized carbons (Fsp3) is 0. The largest absolute Gasteiger partial charge is 0.309 e. The molecule has 10 rings (SSSR count). The Morgan fingerprint density at radius 3 is 1.31 bits per heavy atom. The third kappa shape index (κ3) is 3.43. The Kier molecular flexibility index (Phi) is 4.93. The van der Waals surface area contributed by atoms with Gasteiger partial charge in [0, 0.05) is 38.0 Å². The van der Waals surface area contributed by atoms with Crippen molar-refractivity contribution in [3.8, 4) is 17.1 Å². The van der Waals surface area contributed by atoms with E-state index in [1.54, 1.807) is 4.80 Å². The molecule has 45 heavy (non-hydrogen) atoms. The smallest absolute Gasteiger partial charge is 0.121 e. The highest BCUT2D eigenvalue weighted by Gasteiger charge is 2.18. The summed E-state index contributed by atoms with van der Waals surface area (Å²) in [5.41, 5.74) is 9.61. The van der Waals surface area contributed by atoms with Crippen LogP contribution in [0.3, 0.4) is 0 Å². The topological polar surface area (TPSA) is 40.6 Å². The summed E-state index contributed by atoms with van der Waals surface area (Å²) in [5, 5.41) is 17.3. The Balaban J connectivity index is 1.15. The number of para-hydroxylation sites is 4. The molecule has 0 unspecified atom stereocenters. The highest BCUT2D eigenvalue weighted by molar-refractivity contribution is 6.14. The van der Waals surface area contributed by atoms with Crippen LogP contribution in [0.4, 0.5) is 0 Å². The minimum absolute atomic E-state index is 0.858. The molecule has 0 aliphatic carbocycles. The molecule has 10 aromatic rings. The van der Waals surface area contributed by atoms with E-state index in [0.29, 0.717) is 0 Å². The molecule has 0 amide bonds. The van der Waals surface area contributed by atoms with Crippen molar-refractivity contribution in [2.45, 2.75) is 0 Å². The number of benzene rings is 7. The van der Waals surface area contributed by atoms with E-state index < -0.39 is 0 Å². The first-order valence-corrected chi connectivity index (χ1v) is 15.2. The van der Waals surface area contributed by atoms with Crippen LogP contribution in [0.5, 0.6) is 0 Å². The van der Waals surface area contributed by atoms with Crippen molar-refractivity contribution in [3.05, 3.63) is 152 Å². The summed E-state index contributed by atoms with van der Waals surface area (Å²) in [5.74, 6) is 0. The van der Waals surface area contributed by atoms with Crippen molar-refractivity contribution in [3.63, 3.8) is 0 Å². The van der Waals surface area contributed by atoms with E-state index in [-0.39, 0.29) is 0 Å². The van der Waals surface area contributed by atoms with Crippen molar-refractivity contribution in [2.75, 3.05) is 0 Å². The minimum atomic E-state index is 0.858. The summed E-state index contributed by atoms with van der Waals surface area (Å²) in [6.45, 7) is 0. The SMILES string of the molecule is c1ccc2c(c1)c(-n1c3ccccc3c3ccccc31)cc1nn(-c3ccc(-n4c5ccccc5c5ccccc54)cc3)nc12. The molecule has 0 radical (unpaired) electrons. The molecule has 3 heterocycles. The van der Waals surface area contributed by atoms with Gasteiger partial charge in [-0.25, -0.2) is 0 Å². The zero-order valence-corrected chi connectivity index (χ0v) is 24.2. The molecule has 0 atom stereocenters. The fourth-order valence-electron chi connectivity index (χ4n) is 7.15. The van der Waals surface area contributed by atoms with Crippen molar-refractivity contribution >= 4 is 65.4 Å². The van der Waals surface area contributed by atoms with Gasteiger partial charge in [0.05, 0.1) is 33.4 Å². The lowest BCUT2D eigenvalue weighted by molar-refractivity contribution is 0.766. The highest BCUT2D eigenvalue weighted by atomic mass is 15.5. The average molecular weight is 576 g/mol. The summed E-state index contributed by atoms with van der Waals surface area (Å²) >= 11 is 0. The quantitative estimate of drug-likeness (QED) is 0.210. The van der Waals surface area contributed by atoms with E-state index in [1.807, 2.05) is 0 Å². The second-order valence-electron chi connectivity index (χ2n) is 11.6. The summed E-state index contributed by atoms with van der Waals surface area (Å²) in [6.07, 6.45) is 0. The molecule has 5 heteroatoms. The zero-order valence-electron chi connectivity index (χ0n) is 24.2. The van der Waals surface area contributed by atoms with Crippen molar-refractivity contribution in [1.82, 2.24) is 24.1 Å². The van der Waals surface area contributed by atoms with Crippen LogP contribution in [0.15, 0.2) is 152 Å². The Morgan fingerprint density at radius 1 is 0.356 bits per heavy atom. The van der Waals surface area contributed by atoms with E-state index in [1.165, 1.54) is 43.6 Å². The molecule has 0 saturated heterocycles. The highest BCUT2D eigenvalue weighted by Crippen LogP contribution is 2.37. The van der Waals surface area contributed by atoms with Gasteiger partial charge in [0.25, 0.3) is 0 Å². The number of nitrogens with zero attached hydrogens (tertiary/aromatic N) is 5. The fourth-order valence-corrected chi connectivity index (χ4v) is 7.15. The van der Waals surface area contributed by atoms with E-state index in [0.717, 1.165) is 38.9 Å². The number of fused-ring (bicyclic) bond motifs is 9. The van der Waals surface area contributed by atoms with Crippen LogP contribution in [-0.2, 0) is 0 Å². The van der Waals surface area contributed by atoms with Crippen molar-refractivity contribution in [2.24, 2.45) is 0 Å². The van der Waals surface area contributed by atoms with Crippen LogP contribution >= 0.6 is 0 Å². The predicted octanol–water partition coefficient (Wildman–Crippen LogP) is 9.77. The van der Waals surface area contributed by atoms with Gasteiger partial charge in [-0.2, -0.15) is 4.80 Å². The lowest BCUT2D eigenvalue weighted by Crippen LogP contribution is -2.00. The second-order valence-corrected chi connectivity index (χ2v) is 11.6. The Bertz CT molecular complexity index is 2650. The number of hydrogen-bond acceptors (Lipinski definition) is 2. The van der Waals surface area contributed by atoms with Crippen LogP contribution in [0.2, 0.25) is 0 Å². The van der Waals surface area contributed by atoms with E-state index >= 15 is 0 Å². The lowest BCUT2D eigenvalue weighted by Gasteiger charge is -2.11. The van der Waals surface area contributed by atoms with Gasteiger partial charge in [-0.3, -0.25) is 0 Å². The van der Waals surface area contributed by atoms with Gasteiger partial charge < -0.3 is 9.13 Å². The molecular weight excluding hydrogens is 550 g/mol.